The van der Waals surface area contributed by atoms with Crippen molar-refractivity contribution in [3.8, 4) is 16.9 Å². The second kappa shape index (κ2) is 6.03. The smallest absolute Gasteiger partial charge is 0.258 e. The van der Waals surface area contributed by atoms with Crippen LogP contribution in [0.3, 0.4) is 0 Å². The Balaban J connectivity index is 1.52. The molecule has 1 aromatic carbocycles. The first-order valence-corrected chi connectivity index (χ1v) is 9.13. The molecule has 4 aromatic rings. The number of carbonyl (C=O) groups is 1. The van der Waals surface area contributed by atoms with E-state index in [1.54, 1.807) is 28.9 Å². The van der Waals surface area contributed by atoms with Gasteiger partial charge in [-0.1, -0.05) is 12.1 Å². The number of benzene rings is 1. The number of H-pyrrole nitrogens is 1. The lowest BCUT2D eigenvalue weighted by molar-refractivity contribution is -0.143. The average Bonchev–Trinajstić information content (AvgIpc) is 3.43. The molecule has 7 nitrogen and oxygen atoms in total. The van der Waals surface area contributed by atoms with E-state index in [0.29, 0.717) is 18.5 Å². The molecule has 1 aliphatic heterocycles. The highest BCUT2D eigenvalue weighted by Crippen LogP contribution is 2.33. The average molecular weight is 373 g/mol. The number of carbonyl (C=O) groups excluding carboxylic acids is 1. The molecule has 0 aliphatic carbocycles. The summed E-state index contributed by atoms with van der Waals surface area (Å²) in [5.41, 5.74) is 2.53. The number of amides is 1. The SMILES string of the molecule is CN1CCC(O)(c2cccc(-n3ccc(-c4c[nH]c5ncccc45)n3)c2)C1=O. The normalized spacial score (nSPS) is 19.6. The summed E-state index contributed by atoms with van der Waals surface area (Å²) >= 11 is 0. The molecule has 1 atom stereocenters. The monoisotopic (exact) mass is 373 g/mol. The molecule has 1 unspecified atom stereocenters. The zero-order valence-corrected chi connectivity index (χ0v) is 15.3. The number of fused-ring (bicyclic) bond motifs is 1. The highest BCUT2D eigenvalue weighted by molar-refractivity contribution is 5.92. The molecule has 4 heterocycles. The van der Waals surface area contributed by atoms with E-state index < -0.39 is 5.60 Å². The summed E-state index contributed by atoms with van der Waals surface area (Å²) in [6.45, 7) is 0.542. The van der Waals surface area contributed by atoms with Gasteiger partial charge in [-0.3, -0.25) is 4.79 Å². The first-order chi connectivity index (χ1) is 13.6. The summed E-state index contributed by atoms with van der Waals surface area (Å²) in [7, 11) is 1.71. The second-order valence-corrected chi connectivity index (χ2v) is 7.13. The topological polar surface area (TPSA) is 87.0 Å². The summed E-state index contributed by atoms with van der Waals surface area (Å²) < 4.78 is 1.75. The van der Waals surface area contributed by atoms with Crippen LogP contribution in [0.5, 0.6) is 0 Å². The number of aromatic nitrogens is 4. The standard InChI is InChI=1S/C21H19N5O2/c1-25-11-8-21(28,20(25)27)14-4-2-5-15(12-14)26-10-7-18(24-26)17-13-23-19-16(17)6-3-9-22-19/h2-7,9-10,12-13,28H,8,11H2,1H3,(H,22,23). The molecule has 5 rings (SSSR count). The van der Waals surface area contributed by atoms with Crippen molar-refractivity contribution in [1.82, 2.24) is 24.6 Å². The number of hydrogen-bond donors (Lipinski definition) is 2. The van der Waals surface area contributed by atoms with E-state index in [1.165, 1.54) is 0 Å². The van der Waals surface area contributed by atoms with Crippen LogP contribution in [0.15, 0.2) is 61.1 Å². The van der Waals surface area contributed by atoms with Crippen LogP contribution in [0.2, 0.25) is 0 Å². The van der Waals surface area contributed by atoms with Gasteiger partial charge in [0.1, 0.15) is 5.65 Å². The second-order valence-electron chi connectivity index (χ2n) is 7.13. The van der Waals surface area contributed by atoms with Gasteiger partial charge in [0.25, 0.3) is 5.91 Å². The van der Waals surface area contributed by atoms with Crippen molar-refractivity contribution in [2.75, 3.05) is 13.6 Å². The predicted molar refractivity (Wildman–Crippen MR) is 105 cm³/mol. The third-order valence-electron chi connectivity index (χ3n) is 5.41. The van der Waals surface area contributed by atoms with Crippen LogP contribution in [-0.4, -0.2) is 49.3 Å². The molecular formula is C21H19N5O2. The summed E-state index contributed by atoms with van der Waals surface area (Å²) in [5.74, 6) is -0.267. The highest BCUT2D eigenvalue weighted by Gasteiger charge is 2.45. The molecule has 0 saturated carbocycles. The van der Waals surface area contributed by atoms with Gasteiger partial charge in [0.05, 0.1) is 11.4 Å². The van der Waals surface area contributed by atoms with Crippen LogP contribution in [0.4, 0.5) is 0 Å². The van der Waals surface area contributed by atoms with Crippen molar-refractivity contribution in [2.45, 2.75) is 12.0 Å². The van der Waals surface area contributed by atoms with Crippen molar-refractivity contribution in [2.24, 2.45) is 0 Å². The van der Waals surface area contributed by atoms with Gasteiger partial charge in [-0.2, -0.15) is 5.10 Å². The van der Waals surface area contributed by atoms with Crippen LogP contribution in [0.1, 0.15) is 12.0 Å². The van der Waals surface area contributed by atoms with Gasteiger partial charge in [0.2, 0.25) is 0 Å². The van der Waals surface area contributed by atoms with E-state index in [4.69, 9.17) is 0 Å². The molecule has 7 heteroatoms. The van der Waals surface area contributed by atoms with Gasteiger partial charge in [-0.25, -0.2) is 9.67 Å². The third kappa shape index (κ3) is 2.44. The molecule has 0 bridgehead atoms. The van der Waals surface area contributed by atoms with E-state index in [1.807, 2.05) is 48.8 Å². The maximum absolute atomic E-state index is 12.4. The van der Waals surface area contributed by atoms with Crippen LogP contribution < -0.4 is 0 Å². The Bertz CT molecular complexity index is 1190. The minimum Gasteiger partial charge on any atom is -0.375 e. The molecule has 1 saturated heterocycles. The molecule has 3 aromatic heterocycles. The van der Waals surface area contributed by atoms with Crippen LogP contribution in [0, 0.1) is 0 Å². The van der Waals surface area contributed by atoms with E-state index in [0.717, 1.165) is 28.0 Å². The molecule has 1 aliphatic rings. The molecule has 0 spiro atoms. The number of likely N-dealkylation sites (N-methyl/N-ethyl adjacent to an activating group) is 1. The summed E-state index contributed by atoms with van der Waals surface area (Å²) in [4.78, 5) is 21.4. The Morgan fingerprint density at radius 2 is 2.11 bits per heavy atom. The fraction of sp³-hybridized carbons (Fsp3) is 0.190. The zero-order chi connectivity index (χ0) is 19.3. The Morgan fingerprint density at radius 1 is 1.21 bits per heavy atom. The number of nitrogens with zero attached hydrogens (tertiary/aromatic N) is 4. The summed E-state index contributed by atoms with van der Waals surface area (Å²) in [5, 5.41) is 16.6. The van der Waals surface area contributed by atoms with Crippen molar-refractivity contribution in [1.29, 1.82) is 0 Å². The molecule has 140 valence electrons. The largest absolute Gasteiger partial charge is 0.375 e. The molecule has 1 amide bonds. The number of aromatic amines is 1. The van der Waals surface area contributed by atoms with Gasteiger partial charge in [0.15, 0.2) is 5.60 Å². The van der Waals surface area contributed by atoms with Crippen molar-refractivity contribution < 1.29 is 9.90 Å². The quantitative estimate of drug-likeness (QED) is 0.578. The number of aliphatic hydroxyl groups is 1. The van der Waals surface area contributed by atoms with Crippen molar-refractivity contribution >= 4 is 16.9 Å². The maximum atomic E-state index is 12.4. The van der Waals surface area contributed by atoms with Crippen LogP contribution >= 0.6 is 0 Å². The maximum Gasteiger partial charge on any atom is 0.258 e. The number of rotatable bonds is 3. The predicted octanol–water partition coefficient (Wildman–Crippen LogP) is 2.47. The van der Waals surface area contributed by atoms with E-state index in [2.05, 4.69) is 15.1 Å². The lowest BCUT2D eigenvalue weighted by Crippen LogP contribution is -2.36. The van der Waals surface area contributed by atoms with Gasteiger partial charge in [-0.15, -0.1) is 0 Å². The summed E-state index contributed by atoms with van der Waals surface area (Å²) in [6.07, 6.45) is 5.91. The Kier molecular flexibility index (Phi) is 3.60. The molecular weight excluding hydrogens is 354 g/mol. The van der Waals surface area contributed by atoms with Crippen LogP contribution in [-0.2, 0) is 10.4 Å². The van der Waals surface area contributed by atoms with E-state index in [9.17, 15) is 9.90 Å². The fourth-order valence-electron chi connectivity index (χ4n) is 3.81. The molecule has 28 heavy (non-hydrogen) atoms. The molecule has 0 radical (unpaired) electrons. The van der Waals surface area contributed by atoms with Gasteiger partial charge in [0, 0.05) is 49.6 Å². The Hall–Kier alpha value is -3.45. The number of nitrogens with one attached hydrogen (secondary N) is 1. The van der Waals surface area contributed by atoms with Crippen molar-refractivity contribution in [3.05, 3.63) is 66.6 Å². The lowest BCUT2D eigenvalue weighted by Gasteiger charge is -2.21. The van der Waals surface area contributed by atoms with Gasteiger partial charge >= 0.3 is 0 Å². The summed E-state index contributed by atoms with van der Waals surface area (Å²) in [6, 6.07) is 13.2. The van der Waals surface area contributed by atoms with Crippen LogP contribution in [0.25, 0.3) is 28.0 Å². The minimum atomic E-state index is -1.47. The number of pyridine rings is 1. The highest BCUT2D eigenvalue weighted by atomic mass is 16.3. The van der Waals surface area contributed by atoms with Gasteiger partial charge in [-0.05, 0) is 35.9 Å². The number of likely N-dealkylation sites (tertiary alicyclic amines) is 1. The zero-order valence-electron chi connectivity index (χ0n) is 15.3. The first kappa shape index (κ1) is 16.7. The van der Waals surface area contributed by atoms with Crippen molar-refractivity contribution in [3.63, 3.8) is 0 Å². The fourth-order valence-corrected chi connectivity index (χ4v) is 3.81. The third-order valence-corrected chi connectivity index (χ3v) is 5.41. The van der Waals surface area contributed by atoms with E-state index >= 15 is 0 Å². The van der Waals surface area contributed by atoms with Gasteiger partial charge < -0.3 is 15.0 Å². The lowest BCUT2D eigenvalue weighted by atomic mass is 9.92. The molecule has 2 N–H and O–H groups in total. The Morgan fingerprint density at radius 3 is 2.93 bits per heavy atom. The van der Waals surface area contributed by atoms with E-state index in [-0.39, 0.29) is 5.91 Å². The Labute approximate surface area is 161 Å². The molecule has 1 fully saturated rings. The minimum absolute atomic E-state index is 0.267. The first-order valence-electron chi connectivity index (χ1n) is 9.13. The number of hydrogen-bond acceptors (Lipinski definition) is 4.